The van der Waals surface area contributed by atoms with Gasteiger partial charge in [0.15, 0.2) is 0 Å². The second-order valence-corrected chi connectivity index (χ2v) is 3.04. The molecule has 0 aromatic rings. The van der Waals surface area contributed by atoms with Crippen LogP contribution in [-0.4, -0.2) is 61.6 Å². The molecule has 0 aromatic carbocycles. The van der Waals surface area contributed by atoms with Crippen LogP contribution < -0.4 is 5.73 Å². The molecule has 6 heteroatoms. The summed E-state index contributed by atoms with van der Waals surface area (Å²) in [6, 6.07) is 0. The monoisotopic (exact) mass is 200 g/mol. The maximum atomic E-state index is 7.38. The molecule has 0 saturated carbocycles. The van der Waals surface area contributed by atoms with E-state index < -0.39 is 0 Å². The van der Waals surface area contributed by atoms with Crippen LogP contribution in [0.1, 0.15) is 6.92 Å². The zero-order chi connectivity index (χ0) is 11.3. The maximum absolute atomic E-state index is 7.38. The predicted molar refractivity (Wildman–Crippen MR) is 59.1 cm³/mol. The third-order valence-corrected chi connectivity index (χ3v) is 1.83. The van der Waals surface area contributed by atoms with Gasteiger partial charge in [-0.1, -0.05) is 0 Å². The Kier molecular flexibility index (Phi) is 4.76. The summed E-state index contributed by atoms with van der Waals surface area (Å²) in [5.74, 6) is 0.764. The van der Waals surface area contributed by atoms with Crippen molar-refractivity contribution in [3.63, 3.8) is 0 Å². The molecule has 82 valence electrons. The molecule has 0 aliphatic rings. The van der Waals surface area contributed by atoms with E-state index in [1.165, 1.54) is 0 Å². The Bertz CT molecular complexity index is 222. The number of guanidine groups is 2. The van der Waals surface area contributed by atoms with E-state index in [1.807, 2.05) is 33.0 Å². The molecule has 0 atom stereocenters. The molecular formula is C8H20N6. The van der Waals surface area contributed by atoms with Gasteiger partial charge in [0.05, 0.1) is 0 Å². The summed E-state index contributed by atoms with van der Waals surface area (Å²) in [5.41, 5.74) is 5.43. The van der Waals surface area contributed by atoms with Crippen LogP contribution in [0.3, 0.4) is 0 Å². The molecule has 3 N–H and O–H groups in total. The molecule has 0 saturated heterocycles. The lowest BCUT2D eigenvalue weighted by Crippen LogP contribution is -2.53. The van der Waals surface area contributed by atoms with E-state index in [0.29, 0.717) is 6.54 Å². The molecule has 0 fully saturated rings. The molecule has 0 bridgehead atoms. The van der Waals surface area contributed by atoms with Crippen molar-refractivity contribution in [1.82, 2.24) is 14.9 Å². The van der Waals surface area contributed by atoms with Crippen molar-refractivity contribution in [2.75, 3.05) is 34.7 Å². The summed E-state index contributed by atoms with van der Waals surface area (Å²) < 4.78 is 0. The topological polar surface area (TPSA) is 72.0 Å². The summed E-state index contributed by atoms with van der Waals surface area (Å²) in [7, 11) is 7.33. The van der Waals surface area contributed by atoms with Crippen LogP contribution in [0.4, 0.5) is 0 Å². The van der Waals surface area contributed by atoms with Crippen molar-refractivity contribution in [2.24, 2.45) is 10.7 Å². The summed E-state index contributed by atoms with van der Waals surface area (Å²) in [5, 5.41) is 10.8. The number of nitrogens with zero attached hydrogens (tertiary/aromatic N) is 4. The van der Waals surface area contributed by atoms with E-state index in [2.05, 4.69) is 4.99 Å². The zero-order valence-corrected chi connectivity index (χ0v) is 9.57. The average molecular weight is 200 g/mol. The van der Waals surface area contributed by atoms with E-state index >= 15 is 0 Å². The number of hydrogen-bond acceptors (Lipinski definition) is 2. The van der Waals surface area contributed by atoms with Crippen molar-refractivity contribution >= 4 is 11.9 Å². The van der Waals surface area contributed by atoms with Crippen LogP contribution in [0, 0.1) is 5.41 Å². The van der Waals surface area contributed by atoms with Crippen LogP contribution in [0.2, 0.25) is 0 Å². The predicted octanol–water partition coefficient (Wildman–Crippen LogP) is -0.404. The van der Waals surface area contributed by atoms with Gasteiger partial charge in [0, 0.05) is 34.7 Å². The molecule has 0 aromatic heterocycles. The smallest absolute Gasteiger partial charge is 0.214 e. The normalized spacial score (nSPS) is 11.1. The first-order chi connectivity index (χ1) is 6.45. The first kappa shape index (κ1) is 12.5. The fraction of sp³-hybridized carbons (Fsp3) is 0.750. The summed E-state index contributed by atoms with van der Waals surface area (Å²) in [4.78, 5) is 5.98. The van der Waals surface area contributed by atoms with Crippen LogP contribution in [0.15, 0.2) is 4.99 Å². The van der Waals surface area contributed by atoms with Crippen molar-refractivity contribution in [3.8, 4) is 0 Å². The molecule has 0 aliphatic heterocycles. The van der Waals surface area contributed by atoms with Gasteiger partial charge in [-0.15, -0.1) is 0 Å². The van der Waals surface area contributed by atoms with E-state index in [-0.39, 0.29) is 5.96 Å². The van der Waals surface area contributed by atoms with E-state index in [0.717, 1.165) is 5.96 Å². The van der Waals surface area contributed by atoms with Gasteiger partial charge in [-0.2, -0.15) is 0 Å². The van der Waals surface area contributed by atoms with Crippen molar-refractivity contribution < 1.29 is 0 Å². The van der Waals surface area contributed by atoms with Gasteiger partial charge in [0.2, 0.25) is 11.9 Å². The minimum atomic E-state index is 0.0120. The third kappa shape index (κ3) is 2.79. The van der Waals surface area contributed by atoms with Crippen LogP contribution >= 0.6 is 0 Å². The highest BCUT2D eigenvalue weighted by Gasteiger charge is 2.15. The summed E-state index contributed by atoms with van der Waals surface area (Å²) >= 11 is 0. The highest BCUT2D eigenvalue weighted by atomic mass is 15.7. The van der Waals surface area contributed by atoms with Crippen molar-refractivity contribution in [2.45, 2.75) is 6.92 Å². The van der Waals surface area contributed by atoms with Gasteiger partial charge in [-0.3, -0.25) is 20.4 Å². The number of hydrazine groups is 1. The molecule has 0 unspecified atom stereocenters. The Labute approximate surface area is 85.5 Å². The fourth-order valence-electron chi connectivity index (χ4n) is 1.29. The van der Waals surface area contributed by atoms with Crippen LogP contribution in [-0.2, 0) is 0 Å². The standard InChI is InChI=1S/C8H20N6/c1-6-14(7(9)10)13(5)8(11-2)12(3)4/h6H2,1-5H3,(H3,9,10). The molecule has 0 amide bonds. The molecule has 0 radical (unpaired) electrons. The number of aliphatic imine (C=N–C) groups is 1. The molecule has 0 spiro atoms. The number of nitrogens with one attached hydrogen (secondary N) is 1. The Balaban J connectivity index is 4.72. The zero-order valence-electron chi connectivity index (χ0n) is 9.57. The SMILES string of the molecule is CCN(C(=N)N)N(C)C(=NC)N(C)C. The molecule has 0 heterocycles. The van der Waals surface area contributed by atoms with E-state index in [9.17, 15) is 0 Å². The summed E-state index contributed by atoms with van der Waals surface area (Å²) in [6.45, 7) is 2.57. The van der Waals surface area contributed by atoms with Gasteiger partial charge in [0.1, 0.15) is 0 Å². The van der Waals surface area contributed by atoms with E-state index in [1.54, 1.807) is 17.1 Å². The number of nitrogens with two attached hydrogens (primary N) is 1. The maximum Gasteiger partial charge on any atom is 0.214 e. The highest BCUT2D eigenvalue weighted by molar-refractivity contribution is 5.83. The largest absolute Gasteiger partial charge is 0.369 e. The Morgan fingerprint density at radius 3 is 2.07 bits per heavy atom. The third-order valence-electron chi connectivity index (χ3n) is 1.83. The molecule has 0 aliphatic carbocycles. The van der Waals surface area contributed by atoms with Crippen LogP contribution in [0.5, 0.6) is 0 Å². The Hall–Kier alpha value is -1.46. The first-order valence-electron chi connectivity index (χ1n) is 4.45. The second-order valence-electron chi connectivity index (χ2n) is 3.04. The average Bonchev–Trinajstić information content (AvgIpc) is 2.04. The Morgan fingerprint density at radius 1 is 1.36 bits per heavy atom. The summed E-state index contributed by atoms with van der Waals surface area (Å²) in [6.07, 6.45) is 0. The molecule has 0 rings (SSSR count). The van der Waals surface area contributed by atoms with Gasteiger partial charge >= 0.3 is 0 Å². The van der Waals surface area contributed by atoms with Gasteiger partial charge in [0.25, 0.3) is 0 Å². The molecule has 6 nitrogen and oxygen atoms in total. The lowest BCUT2D eigenvalue weighted by atomic mass is 10.6. The second kappa shape index (κ2) is 5.31. The van der Waals surface area contributed by atoms with Crippen LogP contribution in [0.25, 0.3) is 0 Å². The lowest BCUT2D eigenvalue weighted by Gasteiger charge is -2.35. The minimum absolute atomic E-state index is 0.0120. The van der Waals surface area contributed by atoms with Gasteiger partial charge in [-0.25, -0.2) is 0 Å². The van der Waals surface area contributed by atoms with Gasteiger partial charge < -0.3 is 10.6 Å². The quantitative estimate of drug-likeness (QED) is 0.343. The highest BCUT2D eigenvalue weighted by Crippen LogP contribution is 1.97. The van der Waals surface area contributed by atoms with Crippen molar-refractivity contribution in [3.05, 3.63) is 0 Å². The van der Waals surface area contributed by atoms with Gasteiger partial charge in [-0.05, 0) is 6.92 Å². The fourth-order valence-corrected chi connectivity index (χ4v) is 1.29. The number of rotatable bonds is 1. The van der Waals surface area contributed by atoms with E-state index in [4.69, 9.17) is 11.1 Å². The first-order valence-corrected chi connectivity index (χ1v) is 4.45. The van der Waals surface area contributed by atoms with Crippen molar-refractivity contribution in [1.29, 1.82) is 5.41 Å². The molecular weight excluding hydrogens is 180 g/mol. The lowest BCUT2D eigenvalue weighted by molar-refractivity contribution is 0.152. The minimum Gasteiger partial charge on any atom is -0.369 e. The number of hydrogen-bond donors (Lipinski definition) is 2. The Morgan fingerprint density at radius 2 is 1.86 bits per heavy atom. The molecule has 14 heavy (non-hydrogen) atoms.